The number of nitriles is 1. The molecule has 0 saturated heterocycles. The molecule has 0 aromatic heterocycles. The minimum absolute atomic E-state index is 0.123. The number of nitrogens with one attached hydrogen (secondary N) is 1. The van der Waals surface area contributed by atoms with E-state index in [0.717, 1.165) is 25.7 Å². The average Bonchev–Trinajstić information content (AvgIpc) is 2.41. The first-order valence-corrected chi connectivity index (χ1v) is 7.79. The number of nitrogens with zero attached hydrogens (tertiary/aromatic N) is 1. The lowest BCUT2D eigenvalue weighted by Gasteiger charge is -2.29. The molecule has 2 rings (SSSR count). The number of benzene rings is 1. The molecule has 0 radical (unpaired) electrons. The molecule has 0 aliphatic heterocycles. The highest BCUT2D eigenvalue weighted by Crippen LogP contribution is 2.19. The molecule has 0 amide bonds. The van der Waals surface area contributed by atoms with Gasteiger partial charge in [-0.05, 0) is 37.1 Å². The smallest absolute Gasteiger partial charge is 0.240 e. The fourth-order valence-electron chi connectivity index (χ4n) is 2.28. The summed E-state index contributed by atoms with van der Waals surface area (Å²) in [6.45, 7) is 0. The lowest BCUT2D eigenvalue weighted by molar-refractivity contribution is 0.361. The van der Waals surface area contributed by atoms with Gasteiger partial charge in [-0.3, -0.25) is 0 Å². The molecule has 1 aromatic rings. The molecule has 1 aliphatic carbocycles. The topological polar surface area (TPSA) is 96.0 Å². The summed E-state index contributed by atoms with van der Waals surface area (Å²) < 4.78 is 27.1. The van der Waals surface area contributed by atoms with Crippen LogP contribution in [0, 0.1) is 11.3 Å². The first kappa shape index (κ1) is 14.0. The van der Waals surface area contributed by atoms with Gasteiger partial charge in [0.1, 0.15) is 0 Å². The van der Waals surface area contributed by atoms with Crippen LogP contribution in [-0.2, 0) is 10.0 Å². The summed E-state index contributed by atoms with van der Waals surface area (Å²) in [6.07, 6.45) is 3.67. The standard InChI is InChI=1S/C13H17N3O2S/c14-9-10-5-7-11(8-6-10)19(17,18)16-13-4-2-1-3-12(13)15/h5-8,12-13,16H,1-4,15H2/t12-,13-/m1/s1. The molecule has 0 heterocycles. The molecule has 2 atom stereocenters. The highest BCUT2D eigenvalue weighted by atomic mass is 32.2. The second kappa shape index (κ2) is 5.70. The van der Waals surface area contributed by atoms with Gasteiger partial charge in [0.15, 0.2) is 0 Å². The van der Waals surface area contributed by atoms with Crippen molar-refractivity contribution in [2.75, 3.05) is 0 Å². The fraction of sp³-hybridized carbons (Fsp3) is 0.462. The first-order chi connectivity index (χ1) is 9.03. The molecule has 0 spiro atoms. The van der Waals surface area contributed by atoms with Gasteiger partial charge >= 0.3 is 0 Å². The molecule has 19 heavy (non-hydrogen) atoms. The SMILES string of the molecule is N#Cc1ccc(S(=O)(=O)N[C@@H]2CCCC[C@H]2N)cc1. The number of hydrogen-bond acceptors (Lipinski definition) is 4. The Morgan fingerprint density at radius 1 is 1.21 bits per heavy atom. The van der Waals surface area contributed by atoms with Gasteiger partial charge in [0.05, 0.1) is 16.5 Å². The summed E-state index contributed by atoms with van der Waals surface area (Å²) in [5.41, 5.74) is 6.38. The number of sulfonamides is 1. The summed E-state index contributed by atoms with van der Waals surface area (Å²) in [4.78, 5) is 0.171. The lowest BCUT2D eigenvalue weighted by atomic mass is 9.92. The maximum absolute atomic E-state index is 12.2. The Kier molecular flexibility index (Phi) is 4.20. The second-order valence-electron chi connectivity index (χ2n) is 4.81. The van der Waals surface area contributed by atoms with Gasteiger partial charge < -0.3 is 5.73 Å². The third-order valence-electron chi connectivity index (χ3n) is 3.42. The van der Waals surface area contributed by atoms with Crippen molar-refractivity contribution >= 4 is 10.0 Å². The largest absolute Gasteiger partial charge is 0.326 e. The van der Waals surface area contributed by atoms with Crippen LogP contribution in [0.4, 0.5) is 0 Å². The summed E-state index contributed by atoms with van der Waals surface area (Å²) >= 11 is 0. The van der Waals surface area contributed by atoms with Crippen molar-refractivity contribution in [3.8, 4) is 6.07 Å². The van der Waals surface area contributed by atoms with E-state index in [1.54, 1.807) is 0 Å². The maximum atomic E-state index is 12.2. The Hall–Kier alpha value is -1.42. The Labute approximate surface area is 113 Å². The molecular weight excluding hydrogens is 262 g/mol. The zero-order chi connectivity index (χ0) is 13.9. The Morgan fingerprint density at radius 3 is 2.42 bits per heavy atom. The number of hydrogen-bond donors (Lipinski definition) is 2. The molecule has 0 bridgehead atoms. The molecule has 0 unspecified atom stereocenters. The Morgan fingerprint density at radius 2 is 1.84 bits per heavy atom. The third kappa shape index (κ3) is 3.32. The normalized spacial score (nSPS) is 23.8. The summed E-state index contributed by atoms with van der Waals surface area (Å²) in [5, 5.41) is 8.70. The van der Waals surface area contributed by atoms with Crippen LogP contribution < -0.4 is 10.5 Å². The number of nitrogens with two attached hydrogens (primary N) is 1. The molecule has 6 heteroatoms. The predicted octanol–water partition coefficient (Wildman–Crippen LogP) is 1.11. The van der Waals surface area contributed by atoms with Gasteiger partial charge in [-0.15, -0.1) is 0 Å². The molecule has 102 valence electrons. The average molecular weight is 279 g/mol. The van der Waals surface area contributed by atoms with Gasteiger partial charge in [-0.1, -0.05) is 12.8 Å². The highest BCUT2D eigenvalue weighted by molar-refractivity contribution is 7.89. The molecule has 1 fully saturated rings. The van der Waals surface area contributed by atoms with Gasteiger partial charge in [0.2, 0.25) is 10.0 Å². The fourth-order valence-corrected chi connectivity index (χ4v) is 3.60. The zero-order valence-electron chi connectivity index (χ0n) is 10.5. The molecule has 3 N–H and O–H groups in total. The predicted molar refractivity (Wildman–Crippen MR) is 71.7 cm³/mol. The van der Waals surface area contributed by atoms with E-state index in [-0.39, 0.29) is 17.0 Å². The molecular formula is C13H17N3O2S. The van der Waals surface area contributed by atoms with E-state index < -0.39 is 10.0 Å². The van der Waals surface area contributed by atoms with E-state index in [0.29, 0.717) is 5.56 Å². The Balaban J connectivity index is 2.15. The molecule has 5 nitrogen and oxygen atoms in total. The van der Waals surface area contributed by atoms with E-state index in [2.05, 4.69) is 4.72 Å². The van der Waals surface area contributed by atoms with Crippen LogP contribution in [0.5, 0.6) is 0 Å². The van der Waals surface area contributed by atoms with Crippen LogP contribution in [0.2, 0.25) is 0 Å². The van der Waals surface area contributed by atoms with Gasteiger partial charge in [-0.2, -0.15) is 5.26 Å². The van der Waals surface area contributed by atoms with E-state index in [9.17, 15) is 8.42 Å². The van der Waals surface area contributed by atoms with Gasteiger partial charge in [-0.25, -0.2) is 13.1 Å². The lowest BCUT2D eigenvalue weighted by Crippen LogP contribution is -2.49. The maximum Gasteiger partial charge on any atom is 0.240 e. The molecule has 1 saturated carbocycles. The second-order valence-corrected chi connectivity index (χ2v) is 6.53. The third-order valence-corrected chi connectivity index (χ3v) is 4.93. The van der Waals surface area contributed by atoms with Gasteiger partial charge in [0.25, 0.3) is 0 Å². The quantitative estimate of drug-likeness (QED) is 0.866. The first-order valence-electron chi connectivity index (χ1n) is 6.31. The van der Waals surface area contributed by atoms with Gasteiger partial charge in [0, 0.05) is 12.1 Å². The van der Waals surface area contributed by atoms with E-state index in [1.807, 2.05) is 6.07 Å². The van der Waals surface area contributed by atoms with Crippen LogP contribution >= 0.6 is 0 Å². The van der Waals surface area contributed by atoms with Crippen molar-refractivity contribution < 1.29 is 8.42 Å². The van der Waals surface area contributed by atoms with E-state index >= 15 is 0 Å². The van der Waals surface area contributed by atoms with Crippen LogP contribution in [-0.4, -0.2) is 20.5 Å². The van der Waals surface area contributed by atoms with E-state index in [4.69, 9.17) is 11.0 Å². The summed E-state index contributed by atoms with van der Waals surface area (Å²) in [5.74, 6) is 0. The minimum atomic E-state index is -3.56. The zero-order valence-corrected chi connectivity index (χ0v) is 11.4. The Bertz CT molecular complexity index is 575. The van der Waals surface area contributed by atoms with Crippen LogP contribution in [0.25, 0.3) is 0 Å². The number of rotatable bonds is 3. The van der Waals surface area contributed by atoms with Crippen molar-refractivity contribution in [3.05, 3.63) is 29.8 Å². The van der Waals surface area contributed by atoms with Crippen molar-refractivity contribution in [2.45, 2.75) is 42.7 Å². The highest BCUT2D eigenvalue weighted by Gasteiger charge is 2.26. The molecule has 1 aliphatic rings. The van der Waals surface area contributed by atoms with E-state index in [1.165, 1.54) is 24.3 Å². The monoisotopic (exact) mass is 279 g/mol. The minimum Gasteiger partial charge on any atom is -0.326 e. The van der Waals surface area contributed by atoms with Crippen LogP contribution in [0.1, 0.15) is 31.2 Å². The molecule has 1 aromatic carbocycles. The van der Waals surface area contributed by atoms with Crippen molar-refractivity contribution in [2.24, 2.45) is 5.73 Å². The summed E-state index contributed by atoms with van der Waals surface area (Å²) in [6, 6.07) is 7.51. The summed E-state index contributed by atoms with van der Waals surface area (Å²) in [7, 11) is -3.56. The van der Waals surface area contributed by atoms with Crippen molar-refractivity contribution in [1.29, 1.82) is 5.26 Å². The van der Waals surface area contributed by atoms with Crippen molar-refractivity contribution in [3.63, 3.8) is 0 Å². The van der Waals surface area contributed by atoms with Crippen LogP contribution in [0.3, 0.4) is 0 Å². The van der Waals surface area contributed by atoms with Crippen molar-refractivity contribution in [1.82, 2.24) is 4.72 Å². The van der Waals surface area contributed by atoms with Crippen LogP contribution in [0.15, 0.2) is 29.2 Å².